The van der Waals surface area contributed by atoms with Gasteiger partial charge < -0.3 is 4.43 Å². The zero-order chi connectivity index (χ0) is 15.3. The maximum atomic E-state index is 6.65. The van der Waals surface area contributed by atoms with Crippen LogP contribution in [0.1, 0.15) is 20.8 Å². The second-order valence-corrected chi connectivity index (χ2v) is 11.6. The van der Waals surface area contributed by atoms with E-state index in [0.29, 0.717) is 0 Å². The maximum Gasteiger partial charge on any atom is 0.261 e. The van der Waals surface area contributed by atoms with Gasteiger partial charge in [0.05, 0.1) is 0 Å². The quantitative estimate of drug-likeness (QED) is 0.411. The van der Waals surface area contributed by atoms with Gasteiger partial charge in [-0.3, -0.25) is 0 Å². The summed E-state index contributed by atoms with van der Waals surface area (Å²) in [6.07, 6.45) is 0. The Morgan fingerprint density at radius 2 is 1.29 bits per heavy atom. The van der Waals surface area contributed by atoms with Crippen molar-refractivity contribution in [3.8, 4) is 0 Å². The van der Waals surface area contributed by atoms with Crippen molar-refractivity contribution in [2.75, 3.05) is 11.0 Å². The standard InChI is InChI=1S/C18H23IOSi/c1-18(2,3)21(20-15-14-19,16-10-6-4-7-11-16)17-12-8-5-9-13-17/h4-13H,14-15H2,1-3H3. The van der Waals surface area contributed by atoms with E-state index in [-0.39, 0.29) is 5.04 Å². The van der Waals surface area contributed by atoms with Gasteiger partial charge in [-0.2, -0.15) is 0 Å². The molecule has 0 bridgehead atoms. The molecule has 0 aliphatic carbocycles. The van der Waals surface area contributed by atoms with Gasteiger partial charge in [0.15, 0.2) is 0 Å². The molecular weight excluding hydrogens is 387 g/mol. The lowest BCUT2D eigenvalue weighted by molar-refractivity contribution is 0.324. The SMILES string of the molecule is CC(C)(C)[Si](OCCI)(c1ccccc1)c1ccccc1. The molecule has 0 amide bonds. The maximum absolute atomic E-state index is 6.65. The number of hydrogen-bond donors (Lipinski definition) is 0. The van der Waals surface area contributed by atoms with Crippen LogP contribution in [0.15, 0.2) is 60.7 Å². The molecule has 0 aliphatic heterocycles. The lowest BCUT2D eigenvalue weighted by Gasteiger charge is -2.43. The summed E-state index contributed by atoms with van der Waals surface area (Å²) in [4.78, 5) is 0. The van der Waals surface area contributed by atoms with Gasteiger partial charge in [-0.25, -0.2) is 0 Å². The zero-order valence-electron chi connectivity index (χ0n) is 13.0. The predicted molar refractivity (Wildman–Crippen MR) is 102 cm³/mol. The molecule has 0 N–H and O–H groups in total. The van der Waals surface area contributed by atoms with Crippen LogP contribution >= 0.6 is 22.6 Å². The number of rotatable bonds is 5. The molecule has 3 heteroatoms. The van der Waals surface area contributed by atoms with Gasteiger partial charge in [-0.15, -0.1) is 0 Å². The Morgan fingerprint density at radius 3 is 1.62 bits per heavy atom. The molecule has 0 saturated heterocycles. The Balaban J connectivity index is 2.66. The minimum absolute atomic E-state index is 0.0848. The fraction of sp³-hybridized carbons (Fsp3) is 0.333. The molecule has 0 heterocycles. The smallest absolute Gasteiger partial charge is 0.261 e. The number of hydrogen-bond acceptors (Lipinski definition) is 1. The average molecular weight is 410 g/mol. The summed E-state index contributed by atoms with van der Waals surface area (Å²) in [5.74, 6) is 0. The lowest BCUT2D eigenvalue weighted by Crippen LogP contribution is -2.66. The number of alkyl halides is 1. The van der Waals surface area contributed by atoms with Crippen LogP contribution in [-0.2, 0) is 4.43 Å². The van der Waals surface area contributed by atoms with Crippen LogP contribution in [0.25, 0.3) is 0 Å². The molecule has 0 aromatic heterocycles. The van der Waals surface area contributed by atoms with E-state index in [1.165, 1.54) is 10.4 Å². The number of halogens is 1. The Morgan fingerprint density at radius 1 is 0.857 bits per heavy atom. The van der Waals surface area contributed by atoms with Crippen molar-refractivity contribution in [2.45, 2.75) is 25.8 Å². The minimum Gasteiger partial charge on any atom is -0.407 e. The second kappa shape index (κ2) is 7.07. The molecule has 0 unspecified atom stereocenters. The van der Waals surface area contributed by atoms with Gasteiger partial charge in [0.25, 0.3) is 8.32 Å². The third kappa shape index (κ3) is 3.41. The summed E-state index contributed by atoms with van der Waals surface area (Å²) < 4.78 is 7.66. The van der Waals surface area contributed by atoms with E-state index in [1.807, 2.05) is 0 Å². The van der Waals surface area contributed by atoms with Crippen LogP contribution in [-0.4, -0.2) is 19.4 Å². The van der Waals surface area contributed by atoms with E-state index in [9.17, 15) is 0 Å². The van der Waals surface area contributed by atoms with Gasteiger partial charge in [-0.1, -0.05) is 104 Å². The average Bonchev–Trinajstić information content (AvgIpc) is 2.49. The molecule has 0 saturated carbocycles. The third-order valence-electron chi connectivity index (χ3n) is 3.81. The highest BCUT2D eigenvalue weighted by Gasteiger charge is 2.49. The first-order valence-electron chi connectivity index (χ1n) is 7.33. The first-order chi connectivity index (χ1) is 10.0. The zero-order valence-corrected chi connectivity index (χ0v) is 16.1. The van der Waals surface area contributed by atoms with E-state index in [1.54, 1.807) is 0 Å². The summed E-state index contributed by atoms with van der Waals surface area (Å²) in [7, 11) is -2.28. The third-order valence-corrected chi connectivity index (χ3v) is 9.30. The normalized spacial score (nSPS) is 12.4. The molecule has 0 radical (unpaired) electrons. The molecule has 0 fully saturated rings. The van der Waals surface area contributed by atoms with Crippen molar-refractivity contribution in [2.24, 2.45) is 0 Å². The fourth-order valence-corrected chi connectivity index (χ4v) is 8.15. The summed E-state index contributed by atoms with van der Waals surface area (Å²) in [5.41, 5.74) is 0. The molecule has 0 aliphatic rings. The van der Waals surface area contributed by atoms with Gasteiger partial charge in [0, 0.05) is 11.0 Å². The van der Waals surface area contributed by atoms with E-state index < -0.39 is 8.32 Å². The molecule has 1 nitrogen and oxygen atoms in total. The highest BCUT2D eigenvalue weighted by atomic mass is 127. The Hall–Kier alpha value is -0.653. The lowest BCUT2D eigenvalue weighted by atomic mass is 10.2. The van der Waals surface area contributed by atoms with Crippen LogP contribution in [0.4, 0.5) is 0 Å². The largest absolute Gasteiger partial charge is 0.407 e. The van der Waals surface area contributed by atoms with Crippen molar-refractivity contribution in [3.63, 3.8) is 0 Å². The molecule has 2 rings (SSSR count). The van der Waals surface area contributed by atoms with Crippen molar-refractivity contribution in [1.29, 1.82) is 0 Å². The van der Waals surface area contributed by atoms with Gasteiger partial charge in [0.2, 0.25) is 0 Å². The van der Waals surface area contributed by atoms with Gasteiger partial charge in [0.1, 0.15) is 0 Å². The van der Waals surface area contributed by atoms with Crippen LogP contribution in [0.3, 0.4) is 0 Å². The molecule has 21 heavy (non-hydrogen) atoms. The van der Waals surface area contributed by atoms with Crippen molar-refractivity contribution >= 4 is 41.3 Å². The minimum atomic E-state index is -2.28. The van der Waals surface area contributed by atoms with E-state index in [0.717, 1.165) is 11.0 Å². The number of benzene rings is 2. The van der Waals surface area contributed by atoms with Crippen LogP contribution in [0.2, 0.25) is 5.04 Å². The summed E-state index contributed by atoms with van der Waals surface area (Å²) >= 11 is 2.39. The topological polar surface area (TPSA) is 9.23 Å². The molecule has 2 aromatic carbocycles. The monoisotopic (exact) mass is 410 g/mol. The van der Waals surface area contributed by atoms with E-state index in [4.69, 9.17) is 4.43 Å². The highest BCUT2D eigenvalue weighted by molar-refractivity contribution is 14.1. The molecule has 0 spiro atoms. The Labute approximate surface area is 143 Å². The van der Waals surface area contributed by atoms with Crippen molar-refractivity contribution < 1.29 is 4.43 Å². The second-order valence-electron chi connectivity index (χ2n) is 6.20. The van der Waals surface area contributed by atoms with Gasteiger partial charge >= 0.3 is 0 Å². The first-order valence-corrected chi connectivity index (χ1v) is 10.8. The molecule has 112 valence electrons. The summed E-state index contributed by atoms with van der Waals surface area (Å²) in [6.45, 7) is 7.74. The van der Waals surface area contributed by atoms with E-state index in [2.05, 4.69) is 104 Å². The first kappa shape index (κ1) is 16.7. The van der Waals surface area contributed by atoms with Crippen LogP contribution in [0.5, 0.6) is 0 Å². The van der Waals surface area contributed by atoms with E-state index >= 15 is 0 Å². The highest BCUT2D eigenvalue weighted by Crippen LogP contribution is 2.36. The van der Waals surface area contributed by atoms with Crippen molar-refractivity contribution in [3.05, 3.63) is 60.7 Å². The predicted octanol–water partition coefficient (Wildman–Crippen LogP) is 4.00. The van der Waals surface area contributed by atoms with Crippen molar-refractivity contribution in [1.82, 2.24) is 0 Å². The van der Waals surface area contributed by atoms with Crippen LogP contribution in [0, 0.1) is 0 Å². The Kier molecular flexibility index (Phi) is 5.63. The molecular formula is C18H23IOSi. The summed E-state index contributed by atoms with van der Waals surface area (Å²) in [5, 5.41) is 2.80. The van der Waals surface area contributed by atoms with Crippen LogP contribution < -0.4 is 10.4 Å². The molecule has 2 aromatic rings. The fourth-order valence-electron chi connectivity index (χ4n) is 2.95. The molecule has 0 atom stereocenters. The Bertz CT molecular complexity index is 509. The van der Waals surface area contributed by atoms with Gasteiger partial charge in [-0.05, 0) is 15.4 Å². The summed E-state index contributed by atoms with van der Waals surface area (Å²) in [6, 6.07) is 21.6.